The number of hydrogen-bond donors (Lipinski definition) is 1. The van der Waals surface area contributed by atoms with Gasteiger partial charge in [-0.2, -0.15) is 0 Å². The molecule has 2 atom stereocenters. The molecule has 1 aromatic heterocycles. The lowest BCUT2D eigenvalue weighted by Gasteiger charge is -2.19. The molecule has 0 bridgehead atoms. The minimum absolute atomic E-state index is 0.0759. The van der Waals surface area contributed by atoms with Crippen LogP contribution in [0.3, 0.4) is 0 Å². The summed E-state index contributed by atoms with van der Waals surface area (Å²) in [6.07, 6.45) is 4.42. The zero-order valence-electron chi connectivity index (χ0n) is 10.7. The highest BCUT2D eigenvalue weighted by atomic mass is 19.1. The average molecular weight is 256 g/mol. The molecule has 98 valence electrons. The topological polar surface area (TPSA) is 38.9 Å². The predicted molar refractivity (Wildman–Crippen MR) is 73.4 cm³/mol. The molecule has 2 aromatic rings. The summed E-state index contributed by atoms with van der Waals surface area (Å²) in [5, 5.41) is 0. The second kappa shape index (κ2) is 5.10. The van der Waals surface area contributed by atoms with Gasteiger partial charge >= 0.3 is 0 Å². The molecule has 3 heteroatoms. The normalized spacial score (nSPS) is 19.2. The van der Waals surface area contributed by atoms with Gasteiger partial charge in [-0.05, 0) is 42.5 Å². The van der Waals surface area contributed by atoms with Crippen molar-refractivity contribution in [1.82, 2.24) is 4.98 Å². The summed E-state index contributed by atoms with van der Waals surface area (Å²) in [6, 6.07) is 10.9. The van der Waals surface area contributed by atoms with Crippen LogP contribution in [-0.2, 0) is 12.8 Å². The van der Waals surface area contributed by atoms with Gasteiger partial charge in [0.15, 0.2) is 0 Å². The number of rotatable bonds is 3. The Bertz CT molecular complexity index is 582. The third-order valence-electron chi connectivity index (χ3n) is 3.93. The maximum Gasteiger partial charge on any atom is 0.126 e. The minimum Gasteiger partial charge on any atom is -0.327 e. The Balaban J connectivity index is 1.79. The Morgan fingerprint density at radius 1 is 1.26 bits per heavy atom. The van der Waals surface area contributed by atoms with Crippen molar-refractivity contribution in [2.45, 2.75) is 31.2 Å². The Morgan fingerprint density at radius 3 is 2.95 bits per heavy atom. The highest BCUT2D eigenvalue weighted by Crippen LogP contribution is 2.34. The summed E-state index contributed by atoms with van der Waals surface area (Å²) in [4.78, 5) is 4.45. The van der Waals surface area contributed by atoms with E-state index in [-0.39, 0.29) is 17.8 Å². The molecule has 0 fully saturated rings. The van der Waals surface area contributed by atoms with Gasteiger partial charge in [-0.3, -0.25) is 4.98 Å². The number of aryl methyl sites for hydroxylation is 1. The number of halogens is 1. The van der Waals surface area contributed by atoms with Crippen molar-refractivity contribution in [3.63, 3.8) is 0 Å². The molecule has 0 radical (unpaired) electrons. The number of hydrogen-bond acceptors (Lipinski definition) is 2. The summed E-state index contributed by atoms with van der Waals surface area (Å²) in [7, 11) is 0. The molecule has 2 unspecified atom stereocenters. The zero-order chi connectivity index (χ0) is 13.2. The number of benzene rings is 1. The fourth-order valence-corrected chi connectivity index (χ4v) is 2.92. The lowest BCUT2D eigenvalue weighted by atomic mass is 9.92. The lowest BCUT2D eigenvalue weighted by molar-refractivity contribution is 0.503. The van der Waals surface area contributed by atoms with Crippen LogP contribution in [0.1, 0.15) is 29.2 Å². The highest BCUT2D eigenvalue weighted by Gasteiger charge is 2.29. The monoisotopic (exact) mass is 256 g/mol. The third kappa shape index (κ3) is 2.38. The van der Waals surface area contributed by atoms with E-state index in [1.165, 1.54) is 11.6 Å². The first-order valence-corrected chi connectivity index (χ1v) is 6.68. The largest absolute Gasteiger partial charge is 0.327 e. The van der Waals surface area contributed by atoms with Gasteiger partial charge in [-0.1, -0.05) is 24.3 Å². The van der Waals surface area contributed by atoms with Gasteiger partial charge in [0, 0.05) is 23.9 Å². The summed E-state index contributed by atoms with van der Waals surface area (Å²) >= 11 is 0. The first-order valence-electron chi connectivity index (χ1n) is 6.68. The van der Waals surface area contributed by atoms with E-state index in [4.69, 9.17) is 5.73 Å². The molecular formula is C16H17FN2. The highest BCUT2D eigenvalue weighted by molar-refractivity contribution is 5.31. The number of pyridine rings is 1. The fraction of sp³-hybridized carbons (Fsp3) is 0.312. The van der Waals surface area contributed by atoms with Crippen LogP contribution in [-0.4, -0.2) is 11.0 Å². The summed E-state index contributed by atoms with van der Waals surface area (Å²) in [6.45, 7) is 0. The first kappa shape index (κ1) is 12.3. The van der Waals surface area contributed by atoms with Crippen LogP contribution < -0.4 is 5.73 Å². The molecule has 1 aliphatic carbocycles. The Labute approximate surface area is 112 Å². The van der Waals surface area contributed by atoms with E-state index < -0.39 is 0 Å². The standard InChI is InChI=1S/C16H17FN2/c17-14-6-2-1-4-12(14)10-15(18)13-8-7-11-5-3-9-19-16(11)13/h1-6,9,13,15H,7-8,10,18H2. The zero-order valence-corrected chi connectivity index (χ0v) is 10.7. The summed E-state index contributed by atoms with van der Waals surface area (Å²) < 4.78 is 13.7. The minimum atomic E-state index is -0.169. The van der Waals surface area contributed by atoms with Gasteiger partial charge in [0.2, 0.25) is 0 Å². The second-order valence-corrected chi connectivity index (χ2v) is 5.15. The van der Waals surface area contributed by atoms with Gasteiger partial charge in [0.1, 0.15) is 5.82 Å². The number of aromatic nitrogens is 1. The lowest BCUT2D eigenvalue weighted by Crippen LogP contribution is -2.30. The maximum absolute atomic E-state index is 13.7. The van der Waals surface area contributed by atoms with Crippen LogP contribution in [0, 0.1) is 5.82 Å². The Morgan fingerprint density at radius 2 is 2.11 bits per heavy atom. The van der Waals surface area contributed by atoms with Crippen molar-refractivity contribution in [2.24, 2.45) is 5.73 Å². The van der Waals surface area contributed by atoms with Crippen LogP contribution in [0.25, 0.3) is 0 Å². The van der Waals surface area contributed by atoms with Gasteiger partial charge in [0.05, 0.1) is 0 Å². The molecule has 2 nitrogen and oxygen atoms in total. The third-order valence-corrected chi connectivity index (χ3v) is 3.93. The van der Waals surface area contributed by atoms with Crippen molar-refractivity contribution >= 4 is 0 Å². The SMILES string of the molecule is NC(Cc1ccccc1F)C1CCc2cccnc21. The van der Waals surface area contributed by atoms with Gasteiger partial charge < -0.3 is 5.73 Å². The van der Waals surface area contributed by atoms with E-state index in [1.54, 1.807) is 6.07 Å². The molecule has 1 heterocycles. The maximum atomic E-state index is 13.7. The van der Waals surface area contributed by atoms with Crippen LogP contribution in [0.2, 0.25) is 0 Å². The van der Waals surface area contributed by atoms with Gasteiger partial charge in [0.25, 0.3) is 0 Å². The first-order chi connectivity index (χ1) is 9.25. The van der Waals surface area contributed by atoms with Crippen LogP contribution in [0.5, 0.6) is 0 Å². The smallest absolute Gasteiger partial charge is 0.126 e. The predicted octanol–water partition coefficient (Wildman–Crippen LogP) is 2.82. The Kier molecular flexibility index (Phi) is 3.30. The van der Waals surface area contributed by atoms with Crippen molar-refractivity contribution in [3.8, 4) is 0 Å². The molecule has 0 aliphatic heterocycles. The van der Waals surface area contributed by atoms with Crippen molar-refractivity contribution in [2.75, 3.05) is 0 Å². The molecule has 0 saturated carbocycles. The van der Waals surface area contributed by atoms with E-state index in [0.29, 0.717) is 12.0 Å². The van der Waals surface area contributed by atoms with E-state index >= 15 is 0 Å². The van der Waals surface area contributed by atoms with E-state index in [0.717, 1.165) is 18.5 Å². The quantitative estimate of drug-likeness (QED) is 0.917. The molecular weight excluding hydrogens is 239 g/mol. The van der Waals surface area contributed by atoms with Gasteiger partial charge in [-0.15, -0.1) is 0 Å². The van der Waals surface area contributed by atoms with Crippen molar-refractivity contribution in [3.05, 3.63) is 65.2 Å². The van der Waals surface area contributed by atoms with Gasteiger partial charge in [-0.25, -0.2) is 4.39 Å². The van der Waals surface area contributed by atoms with Crippen LogP contribution >= 0.6 is 0 Å². The second-order valence-electron chi connectivity index (χ2n) is 5.15. The average Bonchev–Trinajstić information content (AvgIpc) is 2.85. The van der Waals surface area contributed by atoms with Crippen molar-refractivity contribution in [1.29, 1.82) is 0 Å². The summed E-state index contributed by atoms with van der Waals surface area (Å²) in [5.41, 5.74) is 9.37. The molecule has 2 N–H and O–H groups in total. The molecule has 0 amide bonds. The van der Waals surface area contributed by atoms with E-state index in [1.807, 2.05) is 24.4 Å². The Hall–Kier alpha value is -1.74. The molecule has 0 saturated heterocycles. The molecule has 19 heavy (non-hydrogen) atoms. The number of nitrogens with two attached hydrogens (primary N) is 1. The summed E-state index contributed by atoms with van der Waals surface area (Å²) in [5.74, 6) is 0.0768. The van der Waals surface area contributed by atoms with Crippen molar-refractivity contribution < 1.29 is 4.39 Å². The number of fused-ring (bicyclic) bond motifs is 1. The molecule has 0 spiro atoms. The molecule has 1 aliphatic rings. The van der Waals surface area contributed by atoms with Crippen LogP contribution in [0.15, 0.2) is 42.6 Å². The van der Waals surface area contributed by atoms with E-state index in [9.17, 15) is 4.39 Å². The molecule has 1 aromatic carbocycles. The van der Waals surface area contributed by atoms with Crippen LogP contribution in [0.4, 0.5) is 4.39 Å². The number of nitrogens with zero attached hydrogens (tertiary/aromatic N) is 1. The molecule has 3 rings (SSSR count). The fourth-order valence-electron chi connectivity index (χ4n) is 2.92. The van der Waals surface area contributed by atoms with E-state index in [2.05, 4.69) is 11.1 Å².